The molecule has 88 valence electrons. The first-order chi connectivity index (χ1) is 8.19. The van der Waals surface area contributed by atoms with Crippen LogP contribution in [0.2, 0.25) is 0 Å². The molecule has 0 saturated heterocycles. The fraction of sp³-hybridized carbons (Fsp3) is 0.182. The average Bonchev–Trinajstić information content (AvgIpc) is 2.38. The molecule has 1 aromatic rings. The van der Waals surface area contributed by atoms with E-state index in [9.17, 15) is 9.59 Å². The number of carbonyl (C=O) groups is 2. The molecule has 0 saturated carbocycles. The van der Waals surface area contributed by atoms with Crippen molar-refractivity contribution in [1.82, 2.24) is 0 Å². The Morgan fingerprint density at radius 2 is 1.88 bits per heavy atom. The molecule has 0 aliphatic carbocycles. The van der Waals surface area contributed by atoms with Gasteiger partial charge in [-0.05, 0) is 5.56 Å². The van der Waals surface area contributed by atoms with E-state index >= 15 is 0 Å². The summed E-state index contributed by atoms with van der Waals surface area (Å²) in [6.07, 6.45) is 0. The highest BCUT2D eigenvalue weighted by Crippen LogP contribution is 2.01. The van der Waals surface area contributed by atoms with Crippen molar-refractivity contribution in [3.63, 3.8) is 0 Å². The highest BCUT2D eigenvalue weighted by atomic mass is 16.5. The molecule has 0 N–H and O–H groups in total. The molecular weight excluding hydrogens is 224 g/mol. The van der Waals surface area contributed by atoms with Crippen molar-refractivity contribution in [3.8, 4) is 0 Å². The van der Waals surface area contributed by atoms with Gasteiger partial charge >= 0.3 is 17.7 Å². The number of benzene rings is 1. The van der Waals surface area contributed by atoms with Gasteiger partial charge in [-0.3, -0.25) is 0 Å². The first kappa shape index (κ1) is 12.6. The first-order valence-corrected chi connectivity index (χ1v) is 4.70. The van der Waals surface area contributed by atoms with Gasteiger partial charge in [0.05, 0.1) is 7.11 Å². The Bertz CT molecular complexity index is 464. The molecule has 1 rings (SSSR count). The number of nitrogens with zero attached hydrogens (tertiary/aromatic N) is 2. The molecular formula is C11H10N2O4. The van der Waals surface area contributed by atoms with E-state index in [4.69, 9.17) is 10.3 Å². The largest absolute Gasteiger partial charge is 0.482 e. The zero-order valence-corrected chi connectivity index (χ0v) is 9.12. The van der Waals surface area contributed by atoms with Crippen LogP contribution in [0.3, 0.4) is 0 Å². The third kappa shape index (κ3) is 3.55. The van der Waals surface area contributed by atoms with Crippen LogP contribution in [0.25, 0.3) is 5.53 Å². The van der Waals surface area contributed by atoms with Crippen molar-refractivity contribution in [2.24, 2.45) is 0 Å². The number of carbonyl (C=O) groups excluding carboxylic acids is 2. The summed E-state index contributed by atoms with van der Waals surface area (Å²) in [6.45, 7) is -0.0182. The van der Waals surface area contributed by atoms with Crippen molar-refractivity contribution in [2.75, 3.05) is 7.11 Å². The summed E-state index contributed by atoms with van der Waals surface area (Å²) in [5, 5.41) is 0. The summed E-state index contributed by atoms with van der Waals surface area (Å²) < 4.78 is 9.02. The van der Waals surface area contributed by atoms with E-state index in [1.807, 2.05) is 6.07 Å². The molecule has 0 heterocycles. The Kier molecular flexibility index (Phi) is 4.59. The number of esters is 2. The molecule has 0 unspecified atom stereocenters. The number of ether oxygens (including phenoxy) is 2. The van der Waals surface area contributed by atoms with Crippen LogP contribution < -0.4 is 0 Å². The second-order valence-corrected chi connectivity index (χ2v) is 3.00. The van der Waals surface area contributed by atoms with E-state index in [1.165, 1.54) is 0 Å². The van der Waals surface area contributed by atoms with Crippen LogP contribution in [0.15, 0.2) is 30.3 Å². The zero-order chi connectivity index (χ0) is 12.7. The third-order valence-corrected chi connectivity index (χ3v) is 1.88. The minimum absolute atomic E-state index is 0.0182. The molecule has 0 spiro atoms. The fourth-order valence-electron chi connectivity index (χ4n) is 1.05. The van der Waals surface area contributed by atoms with E-state index in [0.29, 0.717) is 0 Å². The Balaban J connectivity index is 2.61. The average molecular weight is 234 g/mol. The van der Waals surface area contributed by atoms with Gasteiger partial charge in [-0.1, -0.05) is 30.3 Å². The zero-order valence-electron chi connectivity index (χ0n) is 9.12. The Morgan fingerprint density at radius 3 is 2.41 bits per heavy atom. The molecule has 0 aromatic heterocycles. The summed E-state index contributed by atoms with van der Waals surface area (Å²) >= 11 is 0. The summed E-state index contributed by atoms with van der Waals surface area (Å²) in [5.74, 6) is -2.09. The number of methoxy groups -OCH3 is 1. The maximum absolute atomic E-state index is 11.3. The van der Waals surface area contributed by atoms with E-state index in [1.54, 1.807) is 24.3 Å². The van der Waals surface area contributed by atoms with Crippen LogP contribution in [0, 0.1) is 0 Å². The lowest BCUT2D eigenvalue weighted by Crippen LogP contribution is -2.28. The smallest absolute Gasteiger partial charge is 0.460 e. The van der Waals surface area contributed by atoms with Crippen molar-refractivity contribution in [2.45, 2.75) is 6.61 Å². The molecule has 17 heavy (non-hydrogen) atoms. The van der Waals surface area contributed by atoms with E-state index in [2.05, 4.69) is 9.53 Å². The molecule has 0 aliphatic heterocycles. The third-order valence-electron chi connectivity index (χ3n) is 1.88. The highest BCUT2D eigenvalue weighted by molar-refractivity contribution is 6.60. The van der Waals surface area contributed by atoms with Crippen molar-refractivity contribution in [3.05, 3.63) is 41.4 Å². The molecule has 0 radical (unpaired) electrons. The lowest BCUT2D eigenvalue weighted by atomic mass is 10.2. The first-order valence-electron chi connectivity index (χ1n) is 4.70. The SMILES string of the molecule is COC(=O)C(=[N+]=[N-])C(=O)OCc1ccccc1. The van der Waals surface area contributed by atoms with Crippen LogP contribution in [0.4, 0.5) is 0 Å². The van der Waals surface area contributed by atoms with Gasteiger partial charge in [0.15, 0.2) is 0 Å². The van der Waals surface area contributed by atoms with Crippen molar-refractivity contribution in [1.29, 1.82) is 0 Å². The summed E-state index contributed by atoms with van der Waals surface area (Å²) in [5.41, 5.74) is 8.45. The predicted octanol–water partition coefficient (Wildman–Crippen LogP) is 0.574. The fourth-order valence-corrected chi connectivity index (χ4v) is 1.05. The molecule has 0 aliphatic rings. The predicted molar refractivity (Wildman–Crippen MR) is 56.9 cm³/mol. The highest BCUT2D eigenvalue weighted by Gasteiger charge is 2.32. The second-order valence-electron chi connectivity index (χ2n) is 3.00. The Labute approximate surface area is 97.4 Å². The lowest BCUT2D eigenvalue weighted by Gasteiger charge is -2.01. The minimum atomic E-state index is -1.05. The standard InChI is InChI=1S/C11H10N2O4/c1-16-10(14)9(13-12)11(15)17-7-8-5-3-2-4-6-8/h2-6H,7H2,1H3. The van der Waals surface area contributed by atoms with Gasteiger partial charge in [0, 0.05) is 0 Å². The topological polar surface area (TPSA) is 89.0 Å². The van der Waals surface area contributed by atoms with Gasteiger partial charge in [-0.15, -0.1) is 0 Å². The molecule has 0 amide bonds. The monoisotopic (exact) mass is 234 g/mol. The quantitative estimate of drug-likeness (QED) is 0.250. The van der Waals surface area contributed by atoms with Gasteiger partial charge < -0.3 is 15.0 Å². The Morgan fingerprint density at radius 1 is 1.24 bits per heavy atom. The van der Waals surface area contributed by atoms with Gasteiger partial charge in [0.1, 0.15) is 6.61 Å². The molecule has 6 nitrogen and oxygen atoms in total. The van der Waals surface area contributed by atoms with Crippen LogP contribution in [0.1, 0.15) is 5.56 Å². The summed E-state index contributed by atoms with van der Waals surface area (Å²) in [4.78, 5) is 24.9. The molecule has 0 fully saturated rings. The number of hydrogen-bond donors (Lipinski definition) is 0. The van der Waals surface area contributed by atoms with Gasteiger partial charge in [0.25, 0.3) is 0 Å². The van der Waals surface area contributed by atoms with Crippen LogP contribution in [-0.2, 0) is 25.7 Å². The van der Waals surface area contributed by atoms with Gasteiger partial charge in [0.2, 0.25) is 0 Å². The molecule has 0 bridgehead atoms. The lowest BCUT2D eigenvalue weighted by molar-refractivity contribution is -0.148. The Hall–Kier alpha value is -2.46. The van der Waals surface area contributed by atoms with Gasteiger partial charge in [-0.25, -0.2) is 9.59 Å². The summed E-state index contributed by atoms with van der Waals surface area (Å²) in [6, 6.07) is 8.89. The van der Waals surface area contributed by atoms with Crippen molar-refractivity contribution >= 4 is 17.7 Å². The number of rotatable bonds is 4. The minimum Gasteiger partial charge on any atom is -0.460 e. The van der Waals surface area contributed by atoms with Gasteiger partial charge in [-0.2, -0.15) is 4.79 Å². The van der Waals surface area contributed by atoms with Crippen LogP contribution >= 0.6 is 0 Å². The molecule has 0 atom stereocenters. The molecule has 1 aromatic carbocycles. The normalized spacial score (nSPS) is 9.00. The summed E-state index contributed by atoms with van der Waals surface area (Å²) in [7, 11) is 1.07. The molecule has 6 heteroatoms. The maximum Gasteiger partial charge on any atom is 0.482 e. The van der Waals surface area contributed by atoms with Crippen LogP contribution in [0.5, 0.6) is 0 Å². The number of hydrogen-bond acceptors (Lipinski definition) is 4. The van der Waals surface area contributed by atoms with E-state index in [0.717, 1.165) is 12.7 Å². The van der Waals surface area contributed by atoms with Crippen LogP contribution in [-0.4, -0.2) is 29.5 Å². The van der Waals surface area contributed by atoms with E-state index < -0.39 is 17.7 Å². The van der Waals surface area contributed by atoms with E-state index in [-0.39, 0.29) is 6.61 Å². The maximum atomic E-state index is 11.3. The second kappa shape index (κ2) is 6.19. The van der Waals surface area contributed by atoms with Crippen molar-refractivity contribution < 1.29 is 23.9 Å².